The second-order valence-corrected chi connectivity index (χ2v) is 6.60. The van der Waals surface area contributed by atoms with E-state index in [-0.39, 0.29) is 23.8 Å². The van der Waals surface area contributed by atoms with E-state index in [2.05, 4.69) is 11.4 Å². The normalized spacial score (nSPS) is 15.8. The molecule has 1 atom stereocenters. The van der Waals surface area contributed by atoms with E-state index in [9.17, 15) is 15.2 Å². The van der Waals surface area contributed by atoms with E-state index in [1.807, 2.05) is 42.5 Å². The standard InChI is InChI=1S/C21H22N2O2/c22-15-21(11-12-21)19-8-6-17(7-9-19)20(25)23-14-18(10-13-24)16-4-2-1-3-5-16/h1-9,18,24H,10-14H2,(H,23,25). The van der Waals surface area contributed by atoms with Crippen LogP contribution < -0.4 is 5.32 Å². The first-order chi connectivity index (χ1) is 12.2. The zero-order valence-corrected chi connectivity index (χ0v) is 14.1. The lowest BCUT2D eigenvalue weighted by molar-refractivity contribution is 0.0949. The molecule has 1 fully saturated rings. The first-order valence-electron chi connectivity index (χ1n) is 8.64. The number of hydrogen-bond donors (Lipinski definition) is 2. The SMILES string of the molecule is N#CC1(c2ccc(C(=O)NCC(CCO)c3ccccc3)cc2)CC1. The van der Waals surface area contributed by atoms with Gasteiger partial charge < -0.3 is 10.4 Å². The van der Waals surface area contributed by atoms with Crippen molar-refractivity contribution in [3.63, 3.8) is 0 Å². The van der Waals surface area contributed by atoms with Gasteiger partial charge in [0.15, 0.2) is 0 Å². The molecule has 4 heteroatoms. The first kappa shape index (κ1) is 17.2. The van der Waals surface area contributed by atoms with Crippen LogP contribution in [0.5, 0.6) is 0 Å². The van der Waals surface area contributed by atoms with Crippen LogP contribution in [0.15, 0.2) is 54.6 Å². The number of amides is 1. The van der Waals surface area contributed by atoms with E-state index in [4.69, 9.17) is 0 Å². The van der Waals surface area contributed by atoms with Crippen molar-refractivity contribution in [2.24, 2.45) is 0 Å². The summed E-state index contributed by atoms with van der Waals surface area (Å²) in [5.74, 6) is -0.0463. The smallest absolute Gasteiger partial charge is 0.251 e. The minimum atomic E-state index is -0.325. The van der Waals surface area contributed by atoms with E-state index in [1.165, 1.54) is 0 Å². The Hall–Kier alpha value is -2.64. The molecule has 2 aromatic rings. The number of aliphatic hydroxyl groups excluding tert-OH is 1. The second kappa shape index (κ2) is 7.50. The molecule has 1 amide bonds. The number of benzene rings is 2. The highest BCUT2D eigenvalue weighted by molar-refractivity contribution is 5.94. The summed E-state index contributed by atoms with van der Waals surface area (Å²) in [5.41, 5.74) is 2.37. The molecule has 1 unspecified atom stereocenters. The molecule has 0 aliphatic heterocycles. The Balaban J connectivity index is 1.62. The van der Waals surface area contributed by atoms with Crippen LogP contribution in [0, 0.1) is 11.3 Å². The molecule has 3 rings (SSSR count). The van der Waals surface area contributed by atoms with E-state index in [0.29, 0.717) is 18.5 Å². The van der Waals surface area contributed by atoms with Crippen LogP contribution >= 0.6 is 0 Å². The van der Waals surface area contributed by atoms with Gasteiger partial charge in [-0.15, -0.1) is 0 Å². The molecule has 0 radical (unpaired) electrons. The van der Waals surface area contributed by atoms with Crippen LogP contribution in [-0.4, -0.2) is 24.2 Å². The highest BCUT2D eigenvalue weighted by Gasteiger charge is 2.44. The van der Waals surface area contributed by atoms with E-state index < -0.39 is 0 Å². The minimum Gasteiger partial charge on any atom is -0.396 e. The van der Waals surface area contributed by atoms with Crippen LogP contribution in [0.3, 0.4) is 0 Å². The minimum absolute atomic E-state index is 0.0837. The lowest BCUT2D eigenvalue weighted by Gasteiger charge is -2.17. The first-order valence-corrected chi connectivity index (χ1v) is 8.64. The fourth-order valence-corrected chi connectivity index (χ4v) is 3.12. The topological polar surface area (TPSA) is 73.1 Å². The maximum atomic E-state index is 12.4. The maximum Gasteiger partial charge on any atom is 0.251 e. The largest absolute Gasteiger partial charge is 0.396 e. The van der Waals surface area contributed by atoms with Crippen LogP contribution in [0.4, 0.5) is 0 Å². The van der Waals surface area contributed by atoms with Crippen LogP contribution in [-0.2, 0) is 5.41 Å². The molecule has 4 nitrogen and oxygen atoms in total. The molecular weight excluding hydrogens is 312 g/mol. The van der Waals surface area contributed by atoms with Gasteiger partial charge in [-0.2, -0.15) is 5.26 Å². The van der Waals surface area contributed by atoms with Gasteiger partial charge in [0, 0.05) is 24.6 Å². The average Bonchev–Trinajstić information content (AvgIpc) is 3.47. The van der Waals surface area contributed by atoms with Gasteiger partial charge in [-0.1, -0.05) is 42.5 Å². The monoisotopic (exact) mass is 334 g/mol. The van der Waals surface area contributed by atoms with Gasteiger partial charge in [0.2, 0.25) is 0 Å². The second-order valence-electron chi connectivity index (χ2n) is 6.60. The lowest BCUT2D eigenvalue weighted by atomic mass is 9.95. The Labute approximate surface area is 148 Å². The summed E-state index contributed by atoms with van der Waals surface area (Å²) in [4.78, 5) is 12.4. The molecule has 0 spiro atoms. The Kier molecular flexibility index (Phi) is 5.16. The van der Waals surface area contributed by atoms with Crippen molar-refractivity contribution in [2.75, 3.05) is 13.2 Å². The summed E-state index contributed by atoms with van der Waals surface area (Å²) in [5, 5.41) is 21.5. The Morgan fingerprint density at radius 1 is 1.16 bits per heavy atom. The molecule has 0 saturated heterocycles. The molecule has 128 valence electrons. The van der Waals surface area contributed by atoms with Crippen molar-refractivity contribution in [3.05, 3.63) is 71.3 Å². The number of aliphatic hydroxyl groups is 1. The van der Waals surface area contributed by atoms with E-state index >= 15 is 0 Å². The van der Waals surface area contributed by atoms with Gasteiger partial charge in [-0.05, 0) is 42.5 Å². The third-order valence-corrected chi connectivity index (χ3v) is 4.92. The summed E-state index contributed by atoms with van der Waals surface area (Å²) in [7, 11) is 0. The number of carbonyl (C=O) groups excluding carboxylic acids is 1. The van der Waals surface area contributed by atoms with Crippen molar-refractivity contribution < 1.29 is 9.90 Å². The highest BCUT2D eigenvalue weighted by Crippen LogP contribution is 2.47. The predicted octanol–water partition coefficient (Wildman–Crippen LogP) is 3.14. The number of nitriles is 1. The Morgan fingerprint density at radius 2 is 1.84 bits per heavy atom. The van der Waals surface area contributed by atoms with Gasteiger partial charge >= 0.3 is 0 Å². The van der Waals surface area contributed by atoms with Crippen molar-refractivity contribution in [1.82, 2.24) is 5.32 Å². The average molecular weight is 334 g/mol. The number of hydrogen-bond acceptors (Lipinski definition) is 3. The zero-order chi connectivity index (χ0) is 17.7. The predicted molar refractivity (Wildman–Crippen MR) is 96.2 cm³/mol. The Bertz CT molecular complexity index is 759. The molecule has 0 bridgehead atoms. The molecule has 1 aliphatic rings. The summed E-state index contributed by atoms with van der Waals surface area (Å²) in [6, 6.07) is 19.6. The van der Waals surface area contributed by atoms with Gasteiger partial charge in [-0.3, -0.25) is 4.79 Å². The molecular formula is C21H22N2O2. The molecule has 25 heavy (non-hydrogen) atoms. The van der Waals surface area contributed by atoms with Crippen molar-refractivity contribution >= 4 is 5.91 Å². The van der Waals surface area contributed by atoms with Crippen LogP contribution in [0.25, 0.3) is 0 Å². The summed E-state index contributed by atoms with van der Waals surface area (Å²) in [6.45, 7) is 0.563. The molecule has 0 aromatic heterocycles. The van der Waals surface area contributed by atoms with Crippen molar-refractivity contribution in [1.29, 1.82) is 5.26 Å². The fourth-order valence-electron chi connectivity index (χ4n) is 3.12. The van der Waals surface area contributed by atoms with Gasteiger partial charge in [0.1, 0.15) is 0 Å². The zero-order valence-electron chi connectivity index (χ0n) is 14.1. The quantitative estimate of drug-likeness (QED) is 0.817. The summed E-state index contributed by atoms with van der Waals surface area (Å²) in [6.07, 6.45) is 2.40. The third-order valence-electron chi connectivity index (χ3n) is 4.92. The maximum absolute atomic E-state index is 12.4. The summed E-state index contributed by atoms with van der Waals surface area (Å²) >= 11 is 0. The Morgan fingerprint density at radius 3 is 2.40 bits per heavy atom. The molecule has 1 saturated carbocycles. The van der Waals surface area contributed by atoms with Crippen LogP contribution in [0.1, 0.15) is 46.7 Å². The fraction of sp³-hybridized carbons (Fsp3) is 0.333. The number of nitrogens with zero attached hydrogens (tertiary/aromatic N) is 1. The third kappa shape index (κ3) is 3.89. The molecule has 2 N–H and O–H groups in total. The number of nitrogens with one attached hydrogen (secondary N) is 1. The van der Waals surface area contributed by atoms with E-state index in [1.54, 1.807) is 12.1 Å². The van der Waals surface area contributed by atoms with E-state index in [0.717, 1.165) is 24.0 Å². The molecule has 0 heterocycles. The molecule has 1 aliphatic carbocycles. The van der Waals surface area contributed by atoms with Gasteiger partial charge in [0.25, 0.3) is 5.91 Å². The molecule has 2 aromatic carbocycles. The highest BCUT2D eigenvalue weighted by atomic mass is 16.3. The van der Waals surface area contributed by atoms with Crippen LogP contribution in [0.2, 0.25) is 0 Å². The van der Waals surface area contributed by atoms with Gasteiger partial charge in [-0.25, -0.2) is 0 Å². The number of rotatable bonds is 7. The number of carbonyl (C=O) groups is 1. The summed E-state index contributed by atoms with van der Waals surface area (Å²) < 4.78 is 0. The van der Waals surface area contributed by atoms with Crippen molar-refractivity contribution in [2.45, 2.75) is 30.6 Å². The lowest BCUT2D eigenvalue weighted by Crippen LogP contribution is -2.29. The van der Waals surface area contributed by atoms with Gasteiger partial charge in [0.05, 0.1) is 11.5 Å². The van der Waals surface area contributed by atoms with Crippen molar-refractivity contribution in [3.8, 4) is 6.07 Å².